The number of aromatic nitrogens is 3. The van der Waals surface area contributed by atoms with Gasteiger partial charge < -0.3 is 9.42 Å². The predicted molar refractivity (Wildman–Crippen MR) is 81.3 cm³/mol. The zero-order valence-corrected chi connectivity index (χ0v) is 13.5. The van der Waals surface area contributed by atoms with Gasteiger partial charge in [0, 0.05) is 30.9 Å². The van der Waals surface area contributed by atoms with E-state index in [4.69, 9.17) is 4.52 Å². The number of amides is 1. The zero-order chi connectivity index (χ0) is 15.9. The second-order valence-corrected chi connectivity index (χ2v) is 6.10. The van der Waals surface area contributed by atoms with Crippen molar-refractivity contribution in [3.63, 3.8) is 0 Å². The Bertz CT molecular complexity index is 669. The first kappa shape index (κ1) is 14.8. The maximum Gasteiger partial charge on any atom is 0.230 e. The van der Waals surface area contributed by atoms with Crippen molar-refractivity contribution < 1.29 is 9.32 Å². The van der Waals surface area contributed by atoms with Crippen LogP contribution in [0.4, 0.5) is 0 Å². The van der Waals surface area contributed by atoms with Crippen LogP contribution in [0.2, 0.25) is 0 Å². The lowest BCUT2D eigenvalue weighted by Gasteiger charge is -2.27. The van der Waals surface area contributed by atoms with Crippen LogP contribution in [0.25, 0.3) is 0 Å². The molecule has 2 aromatic rings. The molecule has 0 spiro atoms. The first-order chi connectivity index (χ1) is 10.5. The van der Waals surface area contributed by atoms with E-state index in [0.717, 1.165) is 42.0 Å². The number of rotatable bonds is 3. The second-order valence-electron chi connectivity index (χ2n) is 6.10. The third-order valence-electron chi connectivity index (χ3n) is 4.54. The third-order valence-corrected chi connectivity index (χ3v) is 4.54. The van der Waals surface area contributed by atoms with Crippen LogP contribution in [0.3, 0.4) is 0 Å². The molecule has 22 heavy (non-hydrogen) atoms. The van der Waals surface area contributed by atoms with E-state index in [0.29, 0.717) is 0 Å². The summed E-state index contributed by atoms with van der Waals surface area (Å²) in [6, 6.07) is 0.129. The van der Waals surface area contributed by atoms with Gasteiger partial charge in [-0.1, -0.05) is 5.16 Å². The van der Waals surface area contributed by atoms with Crippen LogP contribution in [-0.2, 0) is 11.8 Å². The number of likely N-dealkylation sites (tertiary alicyclic amines) is 1. The lowest BCUT2D eigenvalue weighted by atomic mass is 9.97. The quantitative estimate of drug-likeness (QED) is 0.874. The SMILES string of the molecule is Cc1noc(C)c1[C@@H](C)C(=O)N1CCC[C@H]1c1cnn(C)c1. The van der Waals surface area contributed by atoms with Crippen LogP contribution in [0, 0.1) is 13.8 Å². The van der Waals surface area contributed by atoms with Crippen LogP contribution >= 0.6 is 0 Å². The summed E-state index contributed by atoms with van der Waals surface area (Å²) in [6.45, 7) is 6.49. The van der Waals surface area contributed by atoms with E-state index >= 15 is 0 Å². The molecule has 0 saturated carbocycles. The smallest absolute Gasteiger partial charge is 0.230 e. The summed E-state index contributed by atoms with van der Waals surface area (Å²) in [5.74, 6) is 0.639. The molecule has 6 nitrogen and oxygen atoms in total. The molecule has 2 aromatic heterocycles. The van der Waals surface area contributed by atoms with E-state index < -0.39 is 0 Å². The molecule has 0 unspecified atom stereocenters. The van der Waals surface area contributed by atoms with E-state index in [9.17, 15) is 4.79 Å². The fraction of sp³-hybridized carbons (Fsp3) is 0.562. The molecule has 1 amide bonds. The van der Waals surface area contributed by atoms with Gasteiger partial charge in [-0.25, -0.2) is 0 Å². The van der Waals surface area contributed by atoms with Crippen LogP contribution in [0.15, 0.2) is 16.9 Å². The molecule has 1 aliphatic rings. The maximum absolute atomic E-state index is 13.0. The minimum absolute atomic E-state index is 0.129. The number of aryl methyl sites for hydroxylation is 3. The first-order valence-electron chi connectivity index (χ1n) is 7.71. The van der Waals surface area contributed by atoms with Crippen molar-refractivity contribution in [1.29, 1.82) is 0 Å². The Hall–Kier alpha value is -2.11. The molecule has 6 heteroatoms. The van der Waals surface area contributed by atoms with E-state index in [-0.39, 0.29) is 17.9 Å². The zero-order valence-electron chi connectivity index (χ0n) is 13.5. The number of hydrogen-bond donors (Lipinski definition) is 0. The Morgan fingerprint density at radius 3 is 2.82 bits per heavy atom. The third kappa shape index (κ3) is 2.42. The second kappa shape index (κ2) is 5.59. The summed E-state index contributed by atoms with van der Waals surface area (Å²) in [4.78, 5) is 14.9. The molecule has 1 saturated heterocycles. The standard InChI is InChI=1S/C16H22N4O2/c1-10(15-11(2)18-22-12(15)3)16(21)20-7-5-6-14(20)13-8-17-19(4)9-13/h8-10,14H,5-7H2,1-4H3/t10-,14+/m1/s1. The number of carbonyl (C=O) groups excluding carboxylic acids is 1. The van der Waals surface area contributed by atoms with E-state index in [1.165, 1.54) is 0 Å². The van der Waals surface area contributed by atoms with Gasteiger partial charge in [0.05, 0.1) is 23.9 Å². The molecule has 3 rings (SSSR count). The molecule has 2 atom stereocenters. The fourth-order valence-corrected chi connectivity index (χ4v) is 3.47. The molecule has 3 heterocycles. The maximum atomic E-state index is 13.0. The summed E-state index contributed by atoms with van der Waals surface area (Å²) in [5, 5.41) is 8.20. The molecular weight excluding hydrogens is 280 g/mol. The van der Waals surface area contributed by atoms with Gasteiger partial charge in [-0.3, -0.25) is 9.48 Å². The average Bonchev–Trinajstić information content (AvgIpc) is 3.18. The molecule has 0 N–H and O–H groups in total. The number of hydrogen-bond acceptors (Lipinski definition) is 4. The van der Waals surface area contributed by atoms with E-state index in [1.807, 2.05) is 45.1 Å². The largest absolute Gasteiger partial charge is 0.361 e. The normalized spacial score (nSPS) is 19.6. The van der Waals surface area contributed by atoms with Gasteiger partial charge in [0.25, 0.3) is 0 Å². The Morgan fingerprint density at radius 2 is 2.23 bits per heavy atom. The van der Waals surface area contributed by atoms with E-state index in [2.05, 4.69) is 10.3 Å². The van der Waals surface area contributed by atoms with Crippen molar-refractivity contribution in [2.45, 2.75) is 45.6 Å². The number of carbonyl (C=O) groups is 1. The van der Waals surface area contributed by atoms with Gasteiger partial charge in [-0.2, -0.15) is 5.10 Å². The van der Waals surface area contributed by atoms with Crippen molar-refractivity contribution in [3.8, 4) is 0 Å². The highest BCUT2D eigenvalue weighted by molar-refractivity contribution is 5.84. The molecule has 0 aliphatic carbocycles. The van der Waals surface area contributed by atoms with Crippen molar-refractivity contribution in [1.82, 2.24) is 19.8 Å². The van der Waals surface area contributed by atoms with Crippen molar-refractivity contribution in [2.24, 2.45) is 7.05 Å². The number of nitrogens with zero attached hydrogens (tertiary/aromatic N) is 4. The van der Waals surface area contributed by atoms with Crippen LogP contribution < -0.4 is 0 Å². The molecular formula is C16H22N4O2. The van der Waals surface area contributed by atoms with Crippen molar-refractivity contribution >= 4 is 5.91 Å². The van der Waals surface area contributed by atoms with Gasteiger partial charge in [0.1, 0.15) is 5.76 Å². The summed E-state index contributed by atoms with van der Waals surface area (Å²) in [6.07, 6.45) is 5.87. The minimum atomic E-state index is -0.233. The molecule has 1 aliphatic heterocycles. The van der Waals surface area contributed by atoms with Gasteiger partial charge >= 0.3 is 0 Å². The van der Waals surface area contributed by atoms with Crippen LogP contribution in [-0.4, -0.2) is 32.3 Å². The Labute approximate surface area is 130 Å². The summed E-state index contributed by atoms with van der Waals surface area (Å²) < 4.78 is 7.00. The average molecular weight is 302 g/mol. The van der Waals surface area contributed by atoms with Crippen molar-refractivity contribution in [3.05, 3.63) is 35.0 Å². The molecule has 0 aromatic carbocycles. The highest BCUT2D eigenvalue weighted by Gasteiger charge is 2.35. The van der Waals surface area contributed by atoms with Gasteiger partial charge in [0.15, 0.2) is 0 Å². The predicted octanol–water partition coefficient (Wildman–Crippen LogP) is 2.49. The molecule has 0 bridgehead atoms. The highest BCUT2D eigenvalue weighted by atomic mass is 16.5. The summed E-state index contributed by atoms with van der Waals surface area (Å²) in [5.41, 5.74) is 2.83. The molecule has 1 fully saturated rings. The van der Waals surface area contributed by atoms with Gasteiger partial charge in [-0.15, -0.1) is 0 Å². The lowest BCUT2D eigenvalue weighted by Crippen LogP contribution is -2.34. The Morgan fingerprint density at radius 1 is 1.45 bits per heavy atom. The van der Waals surface area contributed by atoms with Crippen LogP contribution in [0.5, 0.6) is 0 Å². The monoisotopic (exact) mass is 302 g/mol. The Kier molecular flexibility index (Phi) is 3.76. The van der Waals surface area contributed by atoms with Crippen LogP contribution in [0.1, 0.15) is 54.3 Å². The fourth-order valence-electron chi connectivity index (χ4n) is 3.47. The topological polar surface area (TPSA) is 64.2 Å². The summed E-state index contributed by atoms with van der Waals surface area (Å²) >= 11 is 0. The van der Waals surface area contributed by atoms with E-state index in [1.54, 1.807) is 4.68 Å². The Balaban J connectivity index is 1.84. The van der Waals surface area contributed by atoms with Gasteiger partial charge in [0.2, 0.25) is 5.91 Å². The molecule has 118 valence electrons. The minimum Gasteiger partial charge on any atom is -0.361 e. The highest BCUT2D eigenvalue weighted by Crippen LogP contribution is 2.35. The first-order valence-corrected chi connectivity index (χ1v) is 7.71. The van der Waals surface area contributed by atoms with Crippen molar-refractivity contribution in [2.75, 3.05) is 6.54 Å². The lowest BCUT2D eigenvalue weighted by molar-refractivity contribution is -0.133. The summed E-state index contributed by atoms with van der Waals surface area (Å²) in [7, 11) is 1.90. The molecule has 0 radical (unpaired) electrons. The van der Waals surface area contributed by atoms with Gasteiger partial charge in [-0.05, 0) is 33.6 Å².